The van der Waals surface area contributed by atoms with Crippen LogP contribution in [0.2, 0.25) is 4.34 Å². The Kier molecular flexibility index (Phi) is 5.20. The van der Waals surface area contributed by atoms with Gasteiger partial charge in [0.2, 0.25) is 5.91 Å². The van der Waals surface area contributed by atoms with Gasteiger partial charge in [0.1, 0.15) is 5.82 Å². The van der Waals surface area contributed by atoms with E-state index in [2.05, 4.69) is 4.98 Å². The summed E-state index contributed by atoms with van der Waals surface area (Å²) in [6.07, 6.45) is 0.721. The van der Waals surface area contributed by atoms with Crippen LogP contribution < -0.4 is 5.56 Å². The molecule has 0 fully saturated rings. The van der Waals surface area contributed by atoms with E-state index in [-0.39, 0.29) is 11.5 Å². The number of hydrogen-bond donors (Lipinski definition) is 0. The number of aryl methyl sites for hydroxylation is 1. The molecule has 0 saturated heterocycles. The van der Waals surface area contributed by atoms with Gasteiger partial charge in [0.15, 0.2) is 0 Å². The lowest BCUT2D eigenvalue weighted by Crippen LogP contribution is -2.28. The van der Waals surface area contributed by atoms with Gasteiger partial charge in [0, 0.05) is 31.8 Å². The van der Waals surface area contributed by atoms with Crippen LogP contribution in [0.3, 0.4) is 0 Å². The maximum atomic E-state index is 12.4. The molecule has 5 nitrogen and oxygen atoms in total. The minimum absolute atomic E-state index is 0.00642. The number of thiophene rings is 1. The number of hydrogen-bond acceptors (Lipinski definition) is 4. The minimum Gasteiger partial charge on any atom is -0.341 e. The SMILES string of the molecule is CN(Cc1ccc(Cl)s1)C(=O)CCc1nc2ccccc2c(=O)n1C. The van der Waals surface area contributed by atoms with Crippen LogP contribution in [0, 0.1) is 0 Å². The van der Waals surface area contributed by atoms with Crippen molar-refractivity contribution in [1.82, 2.24) is 14.5 Å². The largest absolute Gasteiger partial charge is 0.341 e. The molecule has 0 radical (unpaired) electrons. The van der Waals surface area contributed by atoms with E-state index in [9.17, 15) is 9.59 Å². The molecule has 0 saturated carbocycles. The van der Waals surface area contributed by atoms with E-state index in [0.717, 1.165) is 4.88 Å². The number of rotatable bonds is 5. The Morgan fingerprint density at radius 3 is 2.76 bits per heavy atom. The fourth-order valence-electron chi connectivity index (χ4n) is 2.66. The molecule has 0 aliphatic heterocycles. The fraction of sp³-hybridized carbons (Fsp3) is 0.278. The van der Waals surface area contributed by atoms with E-state index in [1.54, 1.807) is 25.1 Å². The third kappa shape index (κ3) is 3.91. The highest BCUT2D eigenvalue weighted by Gasteiger charge is 2.13. The number of fused-ring (bicyclic) bond motifs is 1. The number of halogens is 1. The summed E-state index contributed by atoms with van der Waals surface area (Å²) < 4.78 is 2.24. The average Bonchev–Trinajstić information content (AvgIpc) is 3.01. The van der Waals surface area contributed by atoms with Gasteiger partial charge in [0.05, 0.1) is 21.8 Å². The van der Waals surface area contributed by atoms with Crippen molar-refractivity contribution in [2.75, 3.05) is 7.05 Å². The smallest absolute Gasteiger partial charge is 0.261 e. The fourth-order valence-corrected chi connectivity index (χ4v) is 3.80. The van der Waals surface area contributed by atoms with E-state index in [1.807, 2.05) is 30.3 Å². The first-order valence-electron chi connectivity index (χ1n) is 7.88. The van der Waals surface area contributed by atoms with Gasteiger partial charge >= 0.3 is 0 Å². The number of amides is 1. The summed E-state index contributed by atoms with van der Waals surface area (Å²) in [5.41, 5.74) is 0.573. The van der Waals surface area contributed by atoms with Crippen molar-refractivity contribution in [3.8, 4) is 0 Å². The molecule has 130 valence electrons. The Morgan fingerprint density at radius 2 is 2.04 bits per heavy atom. The van der Waals surface area contributed by atoms with Gasteiger partial charge in [-0.05, 0) is 24.3 Å². The van der Waals surface area contributed by atoms with Gasteiger partial charge < -0.3 is 4.90 Å². The van der Waals surface area contributed by atoms with Crippen LogP contribution in [0.15, 0.2) is 41.2 Å². The number of carbonyl (C=O) groups is 1. The molecule has 0 unspecified atom stereocenters. The Bertz CT molecular complexity index is 980. The van der Waals surface area contributed by atoms with Gasteiger partial charge in [-0.3, -0.25) is 14.2 Å². The molecule has 7 heteroatoms. The minimum atomic E-state index is -0.0883. The maximum Gasteiger partial charge on any atom is 0.261 e. The van der Waals surface area contributed by atoms with Gasteiger partial charge in [-0.15, -0.1) is 11.3 Å². The highest BCUT2D eigenvalue weighted by molar-refractivity contribution is 7.16. The predicted molar refractivity (Wildman–Crippen MR) is 101 cm³/mol. The monoisotopic (exact) mass is 375 g/mol. The Hall–Kier alpha value is -2.18. The van der Waals surface area contributed by atoms with Crippen molar-refractivity contribution in [1.29, 1.82) is 0 Å². The van der Waals surface area contributed by atoms with Crippen molar-refractivity contribution >= 4 is 39.7 Å². The van der Waals surface area contributed by atoms with Crippen molar-refractivity contribution < 1.29 is 4.79 Å². The molecule has 3 aromatic rings. The van der Waals surface area contributed by atoms with Crippen molar-refractivity contribution in [2.45, 2.75) is 19.4 Å². The lowest BCUT2D eigenvalue weighted by Gasteiger charge is -2.16. The van der Waals surface area contributed by atoms with E-state index < -0.39 is 0 Å². The predicted octanol–water partition coefficient (Wildman–Crippen LogP) is 3.24. The molecule has 3 rings (SSSR count). The molecular formula is C18H18ClN3O2S. The number of nitrogens with zero attached hydrogens (tertiary/aromatic N) is 3. The first-order chi connectivity index (χ1) is 12.0. The molecule has 0 N–H and O–H groups in total. The molecule has 25 heavy (non-hydrogen) atoms. The van der Waals surface area contributed by atoms with Gasteiger partial charge in [-0.25, -0.2) is 4.98 Å². The lowest BCUT2D eigenvalue weighted by molar-refractivity contribution is -0.130. The second-order valence-corrected chi connectivity index (χ2v) is 7.66. The van der Waals surface area contributed by atoms with E-state index in [1.165, 1.54) is 15.9 Å². The van der Waals surface area contributed by atoms with Gasteiger partial charge in [0.25, 0.3) is 5.56 Å². The molecule has 1 amide bonds. The van der Waals surface area contributed by atoms with E-state index in [4.69, 9.17) is 11.6 Å². The molecule has 0 bridgehead atoms. The van der Waals surface area contributed by atoms with Crippen LogP contribution in [0.4, 0.5) is 0 Å². The zero-order chi connectivity index (χ0) is 18.0. The van der Waals surface area contributed by atoms with Crippen LogP contribution in [0.5, 0.6) is 0 Å². The maximum absolute atomic E-state index is 12.4. The zero-order valence-corrected chi connectivity index (χ0v) is 15.6. The Labute approximate surface area is 154 Å². The molecular weight excluding hydrogens is 358 g/mol. The van der Waals surface area contributed by atoms with Crippen LogP contribution in [0.1, 0.15) is 17.1 Å². The molecule has 0 aliphatic carbocycles. The number of benzene rings is 1. The molecule has 2 aromatic heterocycles. The molecule has 1 aromatic carbocycles. The molecule has 0 aliphatic rings. The van der Waals surface area contributed by atoms with Crippen molar-refractivity contribution in [2.24, 2.45) is 7.05 Å². The van der Waals surface area contributed by atoms with Crippen molar-refractivity contribution in [3.05, 3.63) is 61.8 Å². The average molecular weight is 376 g/mol. The molecule has 2 heterocycles. The second kappa shape index (κ2) is 7.37. The Balaban J connectivity index is 1.70. The second-order valence-electron chi connectivity index (χ2n) is 5.86. The van der Waals surface area contributed by atoms with Crippen molar-refractivity contribution in [3.63, 3.8) is 0 Å². The number of aromatic nitrogens is 2. The van der Waals surface area contributed by atoms with Gasteiger partial charge in [-0.1, -0.05) is 23.7 Å². The van der Waals surface area contributed by atoms with E-state index >= 15 is 0 Å². The number of para-hydroxylation sites is 1. The van der Waals surface area contributed by atoms with Crippen LogP contribution in [0.25, 0.3) is 10.9 Å². The van der Waals surface area contributed by atoms with Crippen LogP contribution in [-0.4, -0.2) is 27.4 Å². The summed E-state index contributed by atoms with van der Waals surface area (Å²) in [5, 5.41) is 0.590. The third-order valence-electron chi connectivity index (χ3n) is 4.09. The first kappa shape index (κ1) is 17.6. The first-order valence-corrected chi connectivity index (χ1v) is 9.08. The summed E-state index contributed by atoms with van der Waals surface area (Å²) in [6.45, 7) is 0.528. The topological polar surface area (TPSA) is 55.2 Å². The normalized spacial score (nSPS) is 11.0. The highest BCUT2D eigenvalue weighted by Crippen LogP contribution is 2.22. The molecule has 0 spiro atoms. The number of carbonyl (C=O) groups excluding carboxylic acids is 1. The highest BCUT2D eigenvalue weighted by atomic mass is 35.5. The van der Waals surface area contributed by atoms with E-state index in [0.29, 0.717) is 40.5 Å². The standard InChI is InChI=1S/C18H18ClN3O2S/c1-21(11-12-7-8-15(19)25-12)17(23)10-9-16-20-14-6-4-3-5-13(14)18(24)22(16)2/h3-8H,9-11H2,1-2H3. The van der Waals surface area contributed by atoms with Crippen LogP contribution in [-0.2, 0) is 24.8 Å². The lowest BCUT2D eigenvalue weighted by atomic mass is 10.2. The Morgan fingerprint density at radius 1 is 1.28 bits per heavy atom. The summed E-state index contributed by atoms with van der Waals surface area (Å²) in [5.74, 6) is 0.622. The van der Waals surface area contributed by atoms with Gasteiger partial charge in [-0.2, -0.15) is 0 Å². The summed E-state index contributed by atoms with van der Waals surface area (Å²) in [7, 11) is 3.46. The zero-order valence-electron chi connectivity index (χ0n) is 14.0. The summed E-state index contributed by atoms with van der Waals surface area (Å²) in [4.78, 5) is 32.0. The van der Waals surface area contributed by atoms with Crippen LogP contribution >= 0.6 is 22.9 Å². The third-order valence-corrected chi connectivity index (χ3v) is 5.30. The quantitative estimate of drug-likeness (QED) is 0.687. The summed E-state index contributed by atoms with van der Waals surface area (Å²) in [6, 6.07) is 11.0. The molecule has 0 atom stereocenters. The summed E-state index contributed by atoms with van der Waals surface area (Å²) >= 11 is 7.39.